The van der Waals surface area contributed by atoms with Gasteiger partial charge in [-0.1, -0.05) is 0 Å². The van der Waals surface area contributed by atoms with Crippen LogP contribution in [-0.4, -0.2) is 56.5 Å². The second-order valence-electron chi connectivity index (χ2n) is 3.34. The molecule has 0 unspecified atom stereocenters. The zero-order valence-corrected chi connectivity index (χ0v) is 15.9. The van der Waals surface area contributed by atoms with Crippen LogP contribution in [0.4, 0.5) is 0 Å². The average molecular weight is 367 g/mol. The molecule has 0 aliphatic heterocycles. The molecule has 0 rings (SSSR count). The Labute approximate surface area is 141 Å². The topological polar surface area (TPSA) is 0 Å². The molecule has 0 heterocycles. The van der Waals surface area contributed by atoms with Gasteiger partial charge in [0.25, 0.3) is 0 Å². The molecule has 7 heteroatoms. The highest BCUT2D eigenvalue weighted by Gasteiger charge is 2.15. The van der Waals surface area contributed by atoms with E-state index >= 15 is 0 Å². The fraction of sp³-hybridized carbons (Fsp3) is 1.00. The van der Waals surface area contributed by atoms with Crippen LogP contribution in [0.25, 0.3) is 0 Å². The van der Waals surface area contributed by atoms with E-state index in [1.165, 1.54) is 11.5 Å². The first kappa shape index (κ1) is 19.4. The van der Waals surface area contributed by atoms with Crippen LogP contribution in [0.2, 0.25) is 0 Å². The first-order chi connectivity index (χ1) is 8.28. The molecule has 0 aromatic carbocycles. The fourth-order valence-corrected chi connectivity index (χ4v) is 6.27. The van der Waals surface area contributed by atoms with Gasteiger partial charge in [-0.15, -0.1) is 0 Å². The van der Waals surface area contributed by atoms with Gasteiger partial charge in [0, 0.05) is 45.0 Å². The molecule has 0 nitrogen and oxygen atoms in total. The summed E-state index contributed by atoms with van der Waals surface area (Å²) in [5.41, 5.74) is 0. The molecular weight excluding hydrogens is 345 g/mol. The molecule has 0 fully saturated rings. The summed E-state index contributed by atoms with van der Waals surface area (Å²) < 4.78 is 0. The summed E-state index contributed by atoms with van der Waals surface area (Å²) in [5, 5.41) is 1.27. The van der Waals surface area contributed by atoms with E-state index in [0.717, 1.165) is 34.5 Å². The molecule has 2 atom stereocenters. The monoisotopic (exact) mass is 366 g/mol. The lowest BCUT2D eigenvalue weighted by atomic mass is 10.5. The van der Waals surface area contributed by atoms with E-state index in [1.807, 2.05) is 35.3 Å². The summed E-state index contributed by atoms with van der Waals surface area (Å²) in [7, 11) is 0. The molecular formula is C10H22S7. The largest absolute Gasteiger partial charge is 0.179 e. The molecule has 0 aliphatic carbocycles. The molecule has 0 N–H and O–H groups in total. The Morgan fingerprint density at radius 2 is 1.12 bits per heavy atom. The van der Waals surface area contributed by atoms with Crippen LogP contribution in [-0.2, 0) is 0 Å². The molecule has 0 spiro atoms. The van der Waals surface area contributed by atoms with Crippen LogP contribution in [0.1, 0.15) is 0 Å². The molecule has 0 bridgehead atoms. The van der Waals surface area contributed by atoms with Crippen molar-refractivity contribution in [2.75, 3.05) is 46.0 Å². The van der Waals surface area contributed by atoms with Crippen LogP contribution in [0.15, 0.2) is 0 Å². The molecule has 104 valence electrons. The van der Waals surface area contributed by atoms with Crippen molar-refractivity contribution in [2.24, 2.45) is 0 Å². The number of hydrogen-bond donors (Lipinski definition) is 4. The lowest BCUT2D eigenvalue weighted by Crippen LogP contribution is -2.19. The van der Waals surface area contributed by atoms with Gasteiger partial charge < -0.3 is 0 Å². The zero-order chi connectivity index (χ0) is 12.9. The van der Waals surface area contributed by atoms with Crippen molar-refractivity contribution >= 4 is 85.8 Å². The Morgan fingerprint density at radius 3 is 1.41 bits per heavy atom. The van der Waals surface area contributed by atoms with Crippen LogP contribution in [0.5, 0.6) is 0 Å². The minimum atomic E-state index is 0.636. The Kier molecular flexibility index (Phi) is 17.0. The third-order valence-electron chi connectivity index (χ3n) is 1.87. The van der Waals surface area contributed by atoms with E-state index in [4.69, 9.17) is 0 Å². The van der Waals surface area contributed by atoms with Crippen molar-refractivity contribution < 1.29 is 0 Å². The van der Waals surface area contributed by atoms with E-state index in [1.54, 1.807) is 0 Å². The van der Waals surface area contributed by atoms with E-state index < -0.39 is 0 Å². The fourth-order valence-electron chi connectivity index (χ4n) is 1.10. The summed E-state index contributed by atoms with van der Waals surface area (Å²) >= 11 is 23.3. The maximum Gasteiger partial charge on any atom is 0.0229 e. The first-order valence-corrected chi connectivity index (χ1v) is 11.3. The summed E-state index contributed by atoms with van der Waals surface area (Å²) in [6.07, 6.45) is 0. The third kappa shape index (κ3) is 11.9. The minimum absolute atomic E-state index is 0.636. The van der Waals surface area contributed by atoms with Crippen LogP contribution in [0, 0.1) is 0 Å². The van der Waals surface area contributed by atoms with Gasteiger partial charge in [0.1, 0.15) is 0 Å². The quantitative estimate of drug-likeness (QED) is 0.308. The molecule has 0 aliphatic rings. The Bertz CT molecular complexity index is 140. The van der Waals surface area contributed by atoms with Crippen molar-refractivity contribution in [1.82, 2.24) is 0 Å². The third-order valence-corrected chi connectivity index (χ3v) is 8.42. The lowest BCUT2D eigenvalue weighted by Gasteiger charge is -2.20. The Hall–Kier alpha value is 2.45. The summed E-state index contributed by atoms with van der Waals surface area (Å²) in [4.78, 5) is 0. The maximum absolute atomic E-state index is 4.44. The van der Waals surface area contributed by atoms with Gasteiger partial charge in [-0.2, -0.15) is 85.8 Å². The predicted molar refractivity (Wildman–Crippen MR) is 105 cm³/mol. The second-order valence-corrected chi connectivity index (χ2v) is 8.87. The number of rotatable bonds is 12. The summed E-state index contributed by atoms with van der Waals surface area (Å²) in [6, 6.07) is 0. The maximum atomic E-state index is 4.44. The van der Waals surface area contributed by atoms with Gasteiger partial charge in [0.2, 0.25) is 0 Å². The first-order valence-electron chi connectivity index (χ1n) is 5.52. The highest BCUT2D eigenvalue weighted by atomic mass is 32.2. The Morgan fingerprint density at radius 1 is 0.706 bits per heavy atom. The van der Waals surface area contributed by atoms with Gasteiger partial charge in [-0.05, 0) is 11.5 Å². The summed E-state index contributed by atoms with van der Waals surface area (Å²) in [5.74, 6) is 8.44. The zero-order valence-electron chi connectivity index (χ0n) is 9.83. The van der Waals surface area contributed by atoms with Crippen LogP contribution < -0.4 is 0 Å². The van der Waals surface area contributed by atoms with Gasteiger partial charge in [0.15, 0.2) is 0 Å². The average Bonchev–Trinajstić information content (AvgIpc) is 2.36. The van der Waals surface area contributed by atoms with E-state index in [0.29, 0.717) is 10.5 Å². The smallest absolute Gasteiger partial charge is 0.0229 e. The van der Waals surface area contributed by atoms with E-state index in [9.17, 15) is 0 Å². The van der Waals surface area contributed by atoms with Crippen molar-refractivity contribution in [3.8, 4) is 0 Å². The van der Waals surface area contributed by atoms with E-state index in [-0.39, 0.29) is 0 Å². The number of hydrogen-bond acceptors (Lipinski definition) is 7. The normalized spacial score (nSPS) is 14.8. The molecule has 0 saturated heterocycles. The highest BCUT2D eigenvalue weighted by molar-refractivity contribution is 8.06. The van der Waals surface area contributed by atoms with Crippen molar-refractivity contribution in [3.05, 3.63) is 0 Å². The second kappa shape index (κ2) is 14.9. The molecule has 0 aromatic rings. The minimum Gasteiger partial charge on any atom is -0.179 e. The van der Waals surface area contributed by atoms with Crippen molar-refractivity contribution in [2.45, 2.75) is 10.5 Å². The lowest BCUT2D eigenvalue weighted by molar-refractivity contribution is 1.09. The van der Waals surface area contributed by atoms with Gasteiger partial charge in [0.05, 0.1) is 0 Å². The number of thiol groups is 4. The molecule has 0 radical (unpaired) electrons. The van der Waals surface area contributed by atoms with Gasteiger partial charge >= 0.3 is 0 Å². The molecule has 0 saturated carbocycles. The Balaban J connectivity index is 3.77. The summed E-state index contributed by atoms with van der Waals surface area (Å²) in [6.45, 7) is 0. The molecule has 0 amide bonds. The van der Waals surface area contributed by atoms with Crippen molar-refractivity contribution in [3.63, 3.8) is 0 Å². The van der Waals surface area contributed by atoms with Gasteiger partial charge in [-0.3, -0.25) is 0 Å². The number of thioether (sulfide) groups is 3. The van der Waals surface area contributed by atoms with E-state index in [2.05, 4.69) is 50.5 Å². The molecule has 17 heavy (non-hydrogen) atoms. The van der Waals surface area contributed by atoms with Crippen molar-refractivity contribution in [1.29, 1.82) is 0 Å². The molecule has 0 aromatic heterocycles. The SMILES string of the molecule is SCCSC[C@@H](CS)S[C@H](CS)CSCCS. The highest BCUT2D eigenvalue weighted by Crippen LogP contribution is 2.26. The predicted octanol–water partition coefficient (Wildman–Crippen LogP) is 3.64. The van der Waals surface area contributed by atoms with Gasteiger partial charge in [-0.25, -0.2) is 0 Å². The van der Waals surface area contributed by atoms with Crippen LogP contribution in [0.3, 0.4) is 0 Å². The standard InChI is InChI=1S/C10H22S7/c11-1-3-15-7-9(5-13)17-10(6-14)8-16-4-2-12/h9-14H,1-8H2/t9-,10-/m1/s1. The van der Waals surface area contributed by atoms with Crippen LogP contribution >= 0.6 is 85.8 Å².